The second kappa shape index (κ2) is 6.00. The van der Waals surface area contributed by atoms with Crippen LogP contribution in [0.4, 0.5) is 8.78 Å². The fourth-order valence-electron chi connectivity index (χ4n) is 2.24. The Morgan fingerprint density at radius 3 is 2.29 bits per heavy atom. The van der Waals surface area contributed by atoms with Crippen molar-refractivity contribution in [2.75, 3.05) is 7.11 Å². The molecule has 0 saturated heterocycles. The topological polar surface area (TPSA) is 29.5 Å². The van der Waals surface area contributed by atoms with Crippen molar-refractivity contribution >= 4 is 11.6 Å². The standard InChI is InChI=1S/C16H15ClF2O2/c1-8-5-15(21-3)9(2)4-10(8)16(20)11-6-14(19)12(17)7-13(11)18/h4-7,16,20H,1-3H3. The zero-order valence-electron chi connectivity index (χ0n) is 11.9. The van der Waals surface area contributed by atoms with E-state index in [1.807, 2.05) is 6.92 Å². The molecule has 0 spiro atoms. The molecular weight excluding hydrogens is 298 g/mol. The molecule has 0 fully saturated rings. The van der Waals surface area contributed by atoms with E-state index in [0.717, 1.165) is 23.3 Å². The van der Waals surface area contributed by atoms with Crippen LogP contribution in [0.2, 0.25) is 5.02 Å². The van der Waals surface area contributed by atoms with E-state index in [9.17, 15) is 13.9 Å². The Hall–Kier alpha value is -1.65. The molecular formula is C16H15ClF2O2. The third kappa shape index (κ3) is 3.01. The number of hydrogen-bond acceptors (Lipinski definition) is 2. The van der Waals surface area contributed by atoms with Crippen molar-refractivity contribution in [1.29, 1.82) is 0 Å². The second-order valence-electron chi connectivity index (χ2n) is 4.87. The van der Waals surface area contributed by atoms with Gasteiger partial charge in [-0.05, 0) is 54.8 Å². The minimum absolute atomic E-state index is 0.149. The fraction of sp³-hybridized carbons (Fsp3) is 0.250. The van der Waals surface area contributed by atoms with Gasteiger partial charge in [0, 0.05) is 5.56 Å². The summed E-state index contributed by atoms with van der Waals surface area (Å²) in [5, 5.41) is 10.1. The number of aliphatic hydroxyl groups excluding tert-OH is 1. The molecule has 1 N–H and O–H groups in total. The molecule has 0 aliphatic carbocycles. The first-order valence-corrected chi connectivity index (χ1v) is 6.70. The SMILES string of the molecule is COc1cc(C)c(C(O)c2cc(F)c(Cl)cc2F)cc1C. The Bertz CT molecular complexity index is 686. The maximum atomic E-state index is 13.9. The van der Waals surface area contributed by atoms with Crippen molar-refractivity contribution in [3.05, 3.63) is 63.2 Å². The first-order valence-electron chi connectivity index (χ1n) is 6.32. The van der Waals surface area contributed by atoms with Crippen LogP contribution in [0.3, 0.4) is 0 Å². The summed E-state index contributed by atoms with van der Waals surface area (Å²) in [6, 6.07) is 5.23. The van der Waals surface area contributed by atoms with Crippen LogP contribution in [0, 0.1) is 25.5 Å². The van der Waals surface area contributed by atoms with Gasteiger partial charge in [-0.1, -0.05) is 11.6 Å². The Morgan fingerprint density at radius 2 is 1.67 bits per heavy atom. The van der Waals surface area contributed by atoms with Crippen LogP contribution in [-0.2, 0) is 0 Å². The molecule has 2 rings (SSSR count). The van der Waals surface area contributed by atoms with Gasteiger partial charge in [0.1, 0.15) is 23.5 Å². The lowest BCUT2D eigenvalue weighted by molar-refractivity contribution is 0.213. The van der Waals surface area contributed by atoms with Crippen LogP contribution < -0.4 is 4.74 Å². The molecule has 0 bridgehead atoms. The van der Waals surface area contributed by atoms with Gasteiger partial charge >= 0.3 is 0 Å². The smallest absolute Gasteiger partial charge is 0.142 e. The van der Waals surface area contributed by atoms with Crippen molar-refractivity contribution in [2.24, 2.45) is 0 Å². The number of benzene rings is 2. The average molecular weight is 313 g/mol. The molecule has 0 heterocycles. The number of aliphatic hydroxyl groups is 1. The van der Waals surface area contributed by atoms with Gasteiger partial charge in [-0.2, -0.15) is 0 Å². The summed E-state index contributed by atoms with van der Waals surface area (Å²) in [6.07, 6.45) is -1.28. The molecule has 1 atom stereocenters. The average Bonchev–Trinajstić information content (AvgIpc) is 2.44. The van der Waals surface area contributed by atoms with Gasteiger partial charge in [-0.15, -0.1) is 0 Å². The normalized spacial score (nSPS) is 12.3. The molecule has 2 nitrogen and oxygen atoms in total. The molecule has 112 valence electrons. The monoisotopic (exact) mass is 312 g/mol. The summed E-state index contributed by atoms with van der Waals surface area (Å²) in [4.78, 5) is 0. The summed E-state index contributed by atoms with van der Waals surface area (Å²) >= 11 is 5.52. The van der Waals surface area contributed by atoms with Crippen LogP contribution in [0.5, 0.6) is 5.75 Å². The van der Waals surface area contributed by atoms with Crippen LogP contribution in [0.1, 0.15) is 28.4 Å². The lowest BCUT2D eigenvalue weighted by atomic mass is 9.95. The minimum Gasteiger partial charge on any atom is -0.496 e. The van der Waals surface area contributed by atoms with Crippen LogP contribution >= 0.6 is 11.6 Å². The number of methoxy groups -OCH3 is 1. The molecule has 21 heavy (non-hydrogen) atoms. The summed E-state index contributed by atoms with van der Waals surface area (Å²) < 4.78 is 32.6. The largest absolute Gasteiger partial charge is 0.496 e. The Kier molecular flexibility index (Phi) is 4.49. The molecule has 0 radical (unpaired) electrons. The summed E-state index contributed by atoms with van der Waals surface area (Å²) in [5.41, 5.74) is 1.87. The molecule has 0 aliphatic heterocycles. The van der Waals surface area contributed by atoms with Crippen LogP contribution in [-0.4, -0.2) is 12.2 Å². The van der Waals surface area contributed by atoms with Gasteiger partial charge in [0.2, 0.25) is 0 Å². The maximum absolute atomic E-state index is 13.9. The molecule has 1 unspecified atom stereocenters. The summed E-state index contributed by atoms with van der Waals surface area (Å²) in [5.74, 6) is -0.844. The quantitative estimate of drug-likeness (QED) is 0.855. The van der Waals surface area contributed by atoms with Crippen molar-refractivity contribution < 1.29 is 18.6 Å². The van der Waals surface area contributed by atoms with E-state index in [4.69, 9.17) is 16.3 Å². The van der Waals surface area contributed by atoms with E-state index in [-0.39, 0.29) is 10.6 Å². The van der Waals surface area contributed by atoms with Crippen molar-refractivity contribution in [3.8, 4) is 5.75 Å². The number of hydrogen-bond donors (Lipinski definition) is 1. The van der Waals surface area contributed by atoms with Gasteiger partial charge < -0.3 is 9.84 Å². The van der Waals surface area contributed by atoms with E-state index in [0.29, 0.717) is 11.3 Å². The Balaban J connectivity index is 2.52. The number of aryl methyl sites for hydroxylation is 2. The number of halogens is 3. The van der Waals surface area contributed by atoms with Gasteiger partial charge in [0.05, 0.1) is 12.1 Å². The van der Waals surface area contributed by atoms with E-state index >= 15 is 0 Å². The zero-order chi connectivity index (χ0) is 15.7. The van der Waals surface area contributed by atoms with Gasteiger partial charge in [0.15, 0.2) is 0 Å². The molecule has 2 aromatic rings. The predicted octanol–water partition coefficient (Wildman–Crippen LogP) is 4.33. The Labute approximate surface area is 126 Å². The highest BCUT2D eigenvalue weighted by Crippen LogP contribution is 2.32. The zero-order valence-corrected chi connectivity index (χ0v) is 12.6. The highest BCUT2D eigenvalue weighted by Gasteiger charge is 2.20. The second-order valence-corrected chi connectivity index (χ2v) is 5.28. The highest BCUT2D eigenvalue weighted by atomic mass is 35.5. The maximum Gasteiger partial charge on any atom is 0.142 e. The van der Waals surface area contributed by atoms with E-state index < -0.39 is 17.7 Å². The third-order valence-electron chi connectivity index (χ3n) is 3.41. The highest BCUT2D eigenvalue weighted by molar-refractivity contribution is 6.30. The molecule has 5 heteroatoms. The van der Waals surface area contributed by atoms with E-state index in [2.05, 4.69) is 0 Å². The van der Waals surface area contributed by atoms with Crippen molar-refractivity contribution in [1.82, 2.24) is 0 Å². The lowest BCUT2D eigenvalue weighted by Crippen LogP contribution is -2.06. The minimum atomic E-state index is -1.28. The van der Waals surface area contributed by atoms with Gasteiger partial charge in [0.25, 0.3) is 0 Å². The van der Waals surface area contributed by atoms with Crippen molar-refractivity contribution in [2.45, 2.75) is 20.0 Å². The van der Waals surface area contributed by atoms with Gasteiger partial charge in [-0.25, -0.2) is 8.78 Å². The lowest BCUT2D eigenvalue weighted by Gasteiger charge is -2.17. The molecule has 0 amide bonds. The summed E-state index contributed by atoms with van der Waals surface area (Å²) in [6.45, 7) is 3.58. The molecule has 2 aromatic carbocycles. The fourth-order valence-corrected chi connectivity index (χ4v) is 2.39. The first-order chi connectivity index (χ1) is 9.85. The number of rotatable bonds is 3. The predicted molar refractivity (Wildman–Crippen MR) is 77.9 cm³/mol. The van der Waals surface area contributed by atoms with Crippen molar-refractivity contribution in [3.63, 3.8) is 0 Å². The number of ether oxygens (including phenoxy) is 1. The van der Waals surface area contributed by atoms with E-state index in [1.54, 1.807) is 26.2 Å². The van der Waals surface area contributed by atoms with Crippen LogP contribution in [0.25, 0.3) is 0 Å². The van der Waals surface area contributed by atoms with E-state index in [1.165, 1.54) is 0 Å². The van der Waals surface area contributed by atoms with Gasteiger partial charge in [-0.3, -0.25) is 0 Å². The molecule has 0 aliphatic rings. The third-order valence-corrected chi connectivity index (χ3v) is 3.70. The van der Waals surface area contributed by atoms with Crippen LogP contribution in [0.15, 0.2) is 24.3 Å². The Morgan fingerprint density at radius 1 is 1.00 bits per heavy atom. The first kappa shape index (κ1) is 15.7. The molecule has 0 aromatic heterocycles. The summed E-state index contributed by atoms with van der Waals surface area (Å²) in [7, 11) is 1.55. The molecule has 0 saturated carbocycles.